The summed E-state index contributed by atoms with van der Waals surface area (Å²) in [5, 5.41) is 16.5. The van der Waals surface area contributed by atoms with Crippen molar-refractivity contribution in [1.29, 1.82) is 5.26 Å². The highest BCUT2D eigenvalue weighted by atomic mass is 16.4. The van der Waals surface area contributed by atoms with Gasteiger partial charge in [-0.15, -0.1) is 0 Å². The summed E-state index contributed by atoms with van der Waals surface area (Å²) in [4.78, 5) is 10.1. The van der Waals surface area contributed by atoms with Gasteiger partial charge >= 0.3 is 5.97 Å². The Hall–Kier alpha value is -3.12. The summed E-state index contributed by atoms with van der Waals surface area (Å²) >= 11 is 0. The summed E-state index contributed by atoms with van der Waals surface area (Å²) in [6.07, 6.45) is 5.92. The Morgan fingerprint density at radius 2 is 1.38 bits per heavy atom. The van der Waals surface area contributed by atoms with Crippen LogP contribution in [0.5, 0.6) is 0 Å². The Labute approximate surface area is 124 Å². The first-order chi connectivity index (χ1) is 10.2. The van der Waals surface area contributed by atoms with E-state index in [0.717, 1.165) is 17.2 Å². The molecule has 3 nitrogen and oxygen atoms in total. The molecule has 104 valence electrons. The molecule has 0 fully saturated rings. The van der Waals surface area contributed by atoms with E-state index >= 15 is 0 Å². The SMILES string of the molecule is N#C/C=C/c1ccccc1.O=C(O)/C=C/c1ccccc1. The van der Waals surface area contributed by atoms with Gasteiger partial charge in [0.25, 0.3) is 0 Å². The van der Waals surface area contributed by atoms with E-state index in [-0.39, 0.29) is 0 Å². The molecule has 1 N–H and O–H groups in total. The second kappa shape index (κ2) is 9.76. The summed E-state index contributed by atoms with van der Waals surface area (Å²) in [7, 11) is 0. The molecule has 2 rings (SSSR count). The number of carboxylic acid groups (broad SMARTS) is 1. The predicted octanol–water partition coefficient (Wildman–Crippen LogP) is 4.01. The number of carbonyl (C=O) groups is 1. The minimum Gasteiger partial charge on any atom is -0.478 e. The molecule has 21 heavy (non-hydrogen) atoms. The van der Waals surface area contributed by atoms with Crippen LogP contribution in [0.2, 0.25) is 0 Å². The van der Waals surface area contributed by atoms with Gasteiger partial charge in [0.2, 0.25) is 0 Å². The van der Waals surface area contributed by atoms with Crippen LogP contribution >= 0.6 is 0 Å². The number of nitrogens with zero attached hydrogens (tertiary/aromatic N) is 1. The number of hydrogen-bond donors (Lipinski definition) is 1. The summed E-state index contributed by atoms with van der Waals surface area (Å²) in [5.74, 6) is -0.922. The van der Waals surface area contributed by atoms with Gasteiger partial charge in [0.05, 0.1) is 6.07 Å². The number of carboxylic acids is 1. The van der Waals surface area contributed by atoms with Crippen LogP contribution in [0, 0.1) is 11.3 Å². The molecule has 0 bridgehead atoms. The average Bonchev–Trinajstić information content (AvgIpc) is 2.53. The van der Waals surface area contributed by atoms with Gasteiger partial charge < -0.3 is 5.11 Å². The molecule has 0 aliphatic heterocycles. The number of benzene rings is 2. The van der Waals surface area contributed by atoms with Crippen molar-refractivity contribution in [3.8, 4) is 6.07 Å². The molecule has 0 spiro atoms. The summed E-state index contributed by atoms with van der Waals surface area (Å²) in [6, 6.07) is 21.0. The lowest BCUT2D eigenvalue weighted by Gasteiger charge is -1.87. The monoisotopic (exact) mass is 277 g/mol. The van der Waals surface area contributed by atoms with Gasteiger partial charge in [-0.1, -0.05) is 60.7 Å². The van der Waals surface area contributed by atoms with Crippen LogP contribution in [0.15, 0.2) is 72.8 Å². The lowest BCUT2D eigenvalue weighted by molar-refractivity contribution is -0.131. The molecule has 0 aliphatic rings. The fraction of sp³-hybridized carbons (Fsp3) is 0. The zero-order valence-corrected chi connectivity index (χ0v) is 11.4. The van der Waals surface area contributed by atoms with Gasteiger partial charge in [-0.3, -0.25) is 0 Å². The maximum atomic E-state index is 10.1. The molecule has 0 saturated heterocycles. The minimum atomic E-state index is -0.922. The minimum absolute atomic E-state index is 0.898. The maximum Gasteiger partial charge on any atom is 0.328 e. The number of nitriles is 1. The molecular formula is C18H15NO2. The lowest BCUT2D eigenvalue weighted by atomic mass is 10.2. The third kappa shape index (κ3) is 7.81. The molecule has 0 saturated carbocycles. The fourth-order valence-electron chi connectivity index (χ4n) is 1.43. The Morgan fingerprint density at radius 3 is 1.81 bits per heavy atom. The molecule has 0 radical (unpaired) electrons. The number of aliphatic carboxylic acids is 1. The zero-order chi connectivity index (χ0) is 15.3. The van der Waals surface area contributed by atoms with E-state index in [9.17, 15) is 4.79 Å². The Kier molecular flexibility index (Phi) is 7.41. The van der Waals surface area contributed by atoms with E-state index in [0.29, 0.717) is 0 Å². The van der Waals surface area contributed by atoms with Crippen LogP contribution in [0.4, 0.5) is 0 Å². The highest BCUT2D eigenvalue weighted by Crippen LogP contribution is 2.00. The first kappa shape index (κ1) is 15.9. The molecule has 0 amide bonds. The molecule has 2 aromatic carbocycles. The van der Waals surface area contributed by atoms with Gasteiger partial charge in [0.15, 0.2) is 0 Å². The predicted molar refractivity (Wildman–Crippen MR) is 84.2 cm³/mol. The molecule has 2 aromatic rings. The van der Waals surface area contributed by atoms with Crippen LogP contribution in [0.3, 0.4) is 0 Å². The highest BCUT2D eigenvalue weighted by molar-refractivity contribution is 5.85. The molecule has 0 atom stereocenters. The van der Waals surface area contributed by atoms with Crippen molar-refractivity contribution in [3.63, 3.8) is 0 Å². The van der Waals surface area contributed by atoms with Gasteiger partial charge in [-0.05, 0) is 23.3 Å². The molecule has 0 heterocycles. The fourth-order valence-corrected chi connectivity index (χ4v) is 1.43. The second-order valence-corrected chi connectivity index (χ2v) is 3.96. The van der Waals surface area contributed by atoms with Crippen LogP contribution in [-0.4, -0.2) is 11.1 Å². The lowest BCUT2D eigenvalue weighted by Crippen LogP contribution is -1.85. The molecule has 3 heteroatoms. The summed E-state index contributed by atoms with van der Waals surface area (Å²) in [5.41, 5.74) is 1.96. The van der Waals surface area contributed by atoms with Crippen LogP contribution < -0.4 is 0 Å². The first-order valence-electron chi connectivity index (χ1n) is 6.29. The van der Waals surface area contributed by atoms with Gasteiger partial charge in [0, 0.05) is 12.2 Å². The van der Waals surface area contributed by atoms with Gasteiger partial charge in [0.1, 0.15) is 0 Å². The van der Waals surface area contributed by atoms with Crippen LogP contribution in [-0.2, 0) is 4.79 Å². The summed E-state index contributed by atoms with van der Waals surface area (Å²) < 4.78 is 0. The van der Waals surface area contributed by atoms with Crippen LogP contribution in [0.25, 0.3) is 12.2 Å². The normalized spacial score (nSPS) is 9.86. The van der Waals surface area contributed by atoms with Crippen LogP contribution in [0.1, 0.15) is 11.1 Å². The highest BCUT2D eigenvalue weighted by Gasteiger charge is 1.86. The number of allylic oxidation sites excluding steroid dienone is 1. The standard InChI is InChI=1S/C9H7N.C9H8O2/c10-8-4-7-9-5-2-1-3-6-9;10-9(11)7-6-8-4-2-1-3-5-8/h1-7H;1-7H,(H,10,11)/b7-4+;7-6+. The topological polar surface area (TPSA) is 61.1 Å². The van der Waals surface area contributed by atoms with Crippen molar-refractivity contribution in [2.24, 2.45) is 0 Å². The Bertz CT molecular complexity index is 638. The first-order valence-corrected chi connectivity index (χ1v) is 6.29. The van der Waals surface area contributed by atoms with Crippen molar-refractivity contribution in [2.75, 3.05) is 0 Å². The van der Waals surface area contributed by atoms with Gasteiger partial charge in [-0.25, -0.2) is 4.79 Å². The number of rotatable bonds is 3. The quantitative estimate of drug-likeness (QED) is 0.681. The Balaban J connectivity index is 0.000000211. The van der Waals surface area contributed by atoms with Crippen molar-refractivity contribution >= 4 is 18.1 Å². The largest absolute Gasteiger partial charge is 0.478 e. The second-order valence-electron chi connectivity index (χ2n) is 3.96. The molecule has 0 unspecified atom stereocenters. The van der Waals surface area contributed by atoms with E-state index in [1.807, 2.05) is 66.7 Å². The third-order valence-electron chi connectivity index (χ3n) is 2.37. The van der Waals surface area contributed by atoms with E-state index in [2.05, 4.69) is 0 Å². The molecule has 0 aromatic heterocycles. The molecule has 0 aliphatic carbocycles. The van der Waals surface area contributed by atoms with E-state index in [4.69, 9.17) is 10.4 Å². The smallest absolute Gasteiger partial charge is 0.328 e. The van der Waals surface area contributed by atoms with Crippen molar-refractivity contribution < 1.29 is 9.90 Å². The molecular weight excluding hydrogens is 262 g/mol. The Morgan fingerprint density at radius 1 is 0.905 bits per heavy atom. The average molecular weight is 277 g/mol. The maximum absolute atomic E-state index is 10.1. The number of hydrogen-bond acceptors (Lipinski definition) is 2. The van der Waals surface area contributed by atoms with E-state index < -0.39 is 5.97 Å². The van der Waals surface area contributed by atoms with E-state index in [1.54, 1.807) is 12.2 Å². The zero-order valence-electron chi connectivity index (χ0n) is 11.4. The third-order valence-corrected chi connectivity index (χ3v) is 2.37. The van der Waals surface area contributed by atoms with Gasteiger partial charge in [-0.2, -0.15) is 5.26 Å². The van der Waals surface area contributed by atoms with Crippen molar-refractivity contribution in [3.05, 3.63) is 83.9 Å². The van der Waals surface area contributed by atoms with Crippen molar-refractivity contribution in [2.45, 2.75) is 0 Å². The van der Waals surface area contributed by atoms with Crippen molar-refractivity contribution in [1.82, 2.24) is 0 Å². The van der Waals surface area contributed by atoms with E-state index in [1.165, 1.54) is 6.08 Å². The summed E-state index contributed by atoms with van der Waals surface area (Å²) in [6.45, 7) is 0.